The number of ether oxygens (including phenoxy) is 1. The van der Waals surface area contributed by atoms with Crippen molar-refractivity contribution in [1.29, 1.82) is 5.26 Å². The standard InChI is InChI=1S/C15H25N3O2/c1-10(12(9-16)13(19)20-6)17-11-7-14(2,3)18-15(4,5)8-11/h11-12,18H,7-8H2,1-6H3. The summed E-state index contributed by atoms with van der Waals surface area (Å²) in [5, 5.41) is 12.7. The van der Waals surface area contributed by atoms with E-state index in [0.29, 0.717) is 5.71 Å². The molecular weight excluding hydrogens is 254 g/mol. The molecule has 1 saturated heterocycles. The molecule has 0 amide bonds. The molecule has 0 aliphatic carbocycles. The first-order chi connectivity index (χ1) is 9.10. The van der Waals surface area contributed by atoms with E-state index in [9.17, 15) is 4.79 Å². The molecule has 1 rings (SSSR count). The second-order valence-corrected chi connectivity index (χ2v) is 6.81. The van der Waals surface area contributed by atoms with Crippen LogP contribution >= 0.6 is 0 Å². The van der Waals surface area contributed by atoms with Gasteiger partial charge in [-0.2, -0.15) is 5.26 Å². The molecule has 0 aromatic heterocycles. The molecule has 0 saturated carbocycles. The number of hydrogen-bond donors (Lipinski definition) is 1. The highest BCUT2D eigenvalue weighted by molar-refractivity contribution is 6.03. The number of aliphatic imine (C=N–C) groups is 1. The number of carbonyl (C=O) groups excluding carboxylic acids is 1. The number of rotatable bonds is 3. The molecule has 1 heterocycles. The molecule has 1 aliphatic heterocycles. The van der Waals surface area contributed by atoms with Gasteiger partial charge in [0.25, 0.3) is 0 Å². The lowest BCUT2D eigenvalue weighted by atomic mass is 9.80. The topological polar surface area (TPSA) is 74.5 Å². The maximum Gasteiger partial charge on any atom is 0.328 e. The minimum absolute atomic E-state index is 0.0103. The summed E-state index contributed by atoms with van der Waals surface area (Å²) in [5.74, 6) is -1.44. The van der Waals surface area contributed by atoms with Gasteiger partial charge in [-0.3, -0.25) is 9.79 Å². The average Bonchev–Trinajstić information content (AvgIpc) is 2.24. The van der Waals surface area contributed by atoms with Crippen LogP contribution in [-0.2, 0) is 9.53 Å². The van der Waals surface area contributed by atoms with Gasteiger partial charge in [0.05, 0.1) is 19.2 Å². The van der Waals surface area contributed by atoms with E-state index < -0.39 is 11.9 Å². The summed E-state index contributed by atoms with van der Waals surface area (Å²) in [5.41, 5.74) is 0.519. The molecule has 0 bridgehead atoms. The lowest BCUT2D eigenvalue weighted by molar-refractivity contribution is -0.141. The summed E-state index contributed by atoms with van der Waals surface area (Å²) >= 11 is 0. The third kappa shape index (κ3) is 4.31. The maximum absolute atomic E-state index is 11.5. The van der Waals surface area contributed by atoms with E-state index in [-0.39, 0.29) is 17.1 Å². The largest absolute Gasteiger partial charge is 0.468 e. The van der Waals surface area contributed by atoms with Crippen molar-refractivity contribution in [3.05, 3.63) is 0 Å². The average molecular weight is 279 g/mol. The number of nitrogens with zero attached hydrogens (tertiary/aromatic N) is 2. The Morgan fingerprint density at radius 2 is 1.85 bits per heavy atom. The van der Waals surface area contributed by atoms with Gasteiger partial charge in [0, 0.05) is 16.8 Å². The van der Waals surface area contributed by atoms with Crippen molar-refractivity contribution in [2.45, 2.75) is 64.6 Å². The summed E-state index contributed by atoms with van der Waals surface area (Å²) in [4.78, 5) is 16.2. The molecule has 1 atom stereocenters. The molecule has 5 heteroatoms. The smallest absolute Gasteiger partial charge is 0.328 e. The Balaban J connectivity index is 2.92. The summed E-state index contributed by atoms with van der Waals surface area (Å²) < 4.78 is 4.64. The van der Waals surface area contributed by atoms with Crippen LogP contribution < -0.4 is 5.32 Å². The monoisotopic (exact) mass is 279 g/mol. The van der Waals surface area contributed by atoms with Crippen LogP contribution in [0.25, 0.3) is 0 Å². The van der Waals surface area contributed by atoms with Gasteiger partial charge in [0.15, 0.2) is 5.92 Å². The molecule has 1 aliphatic rings. The summed E-state index contributed by atoms with van der Waals surface area (Å²) in [6.07, 6.45) is 1.76. The van der Waals surface area contributed by atoms with Gasteiger partial charge in [-0.15, -0.1) is 0 Å². The van der Waals surface area contributed by atoms with E-state index in [4.69, 9.17) is 5.26 Å². The Kier molecular flexibility index (Phi) is 4.93. The fourth-order valence-electron chi connectivity index (χ4n) is 3.16. The van der Waals surface area contributed by atoms with Crippen molar-refractivity contribution in [1.82, 2.24) is 5.32 Å². The highest BCUT2D eigenvalue weighted by atomic mass is 16.5. The lowest BCUT2D eigenvalue weighted by Gasteiger charge is -2.45. The number of nitriles is 1. The third-order valence-electron chi connectivity index (χ3n) is 3.54. The molecule has 1 N–H and O–H groups in total. The molecular formula is C15H25N3O2. The van der Waals surface area contributed by atoms with Crippen LogP contribution in [0.15, 0.2) is 4.99 Å². The predicted octanol–water partition coefficient (Wildman–Crippen LogP) is 2.07. The Morgan fingerprint density at radius 3 is 2.25 bits per heavy atom. The van der Waals surface area contributed by atoms with Gasteiger partial charge in [-0.05, 0) is 47.5 Å². The predicted molar refractivity (Wildman–Crippen MR) is 78.5 cm³/mol. The van der Waals surface area contributed by atoms with E-state index in [0.717, 1.165) is 12.8 Å². The Bertz CT molecular complexity index is 431. The normalized spacial score (nSPS) is 23.8. The van der Waals surface area contributed by atoms with E-state index in [2.05, 4.69) is 42.7 Å². The SMILES string of the molecule is COC(=O)C(C#N)C(C)=NC1CC(C)(C)NC(C)(C)C1. The van der Waals surface area contributed by atoms with E-state index in [1.807, 2.05) is 6.07 Å². The molecule has 0 aromatic carbocycles. The number of hydrogen-bond acceptors (Lipinski definition) is 5. The number of piperidine rings is 1. The molecule has 112 valence electrons. The first-order valence-electron chi connectivity index (χ1n) is 6.91. The Morgan fingerprint density at radius 1 is 1.35 bits per heavy atom. The minimum Gasteiger partial charge on any atom is -0.468 e. The van der Waals surface area contributed by atoms with Crippen LogP contribution in [0.5, 0.6) is 0 Å². The number of esters is 1. The fraction of sp³-hybridized carbons (Fsp3) is 0.800. The second-order valence-electron chi connectivity index (χ2n) is 6.81. The molecule has 0 radical (unpaired) electrons. The number of nitrogens with one attached hydrogen (secondary N) is 1. The van der Waals surface area contributed by atoms with Crippen molar-refractivity contribution >= 4 is 11.7 Å². The van der Waals surface area contributed by atoms with Crippen molar-refractivity contribution < 1.29 is 9.53 Å². The quantitative estimate of drug-likeness (QED) is 0.634. The van der Waals surface area contributed by atoms with Crippen molar-refractivity contribution in [2.24, 2.45) is 10.9 Å². The molecule has 5 nitrogen and oxygen atoms in total. The van der Waals surface area contributed by atoms with E-state index in [1.165, 1.54) is 7.11 Å². The minimum atomic E-state index is -0.902. The van der Waals surface area contributed by atoms with Gasteiger partial charge in [0.2, 0.25) is 0 Å². The first kappa shape index (κ1) is 16.6. The van der Waals surface area contributed by atoms with Crippen LogP contribution in [0.1, 0.15) is 47.5 Å². The van der Waals surface area contributed by atoms with Crippen molar-refractivity contribution in [3.63, 3.8) is 0 Å². The number of methoxy groups -OCH3 is 1. The lowest BCUT2D eigenvalue weighted by Crippen LogP contribution is -2.59. The summed E-state index contributed by atoms with van der Waals surface area (Å²) in [6.45, 7) is 10.3. The molecule has 0 spiro atoms. The van der Waals surface area contributed by atoms with Gasteiger partial charge in [-0.25, -0.2) is 0 Å². The molecule has 1 unspecified atom stereocenters. The zero-order valence-electron chi connectivity index (χ0n) is 13.3. The Labute approximate surface area is 121 Å². The van der Waals surface area contributed by atoms with Crippen LogP contribution in [0.3, 0.4) is 0 Å². The van der Waals surface area contributed by atoms with Gasteiger partial charge < -0.3 is 10.1 Å². The maximum atomic E-state index is 11.5. The van der Waals surface area contributed by atoms with Crippen LogP contribution in [0.2, 0.25) is 0 Å². The van der Waals surface area contributed by atoms with E-state index in [1.54, 1.807) is 6.92 Å². The highest BCUT2D eigenvalue weighted by Crippen LogP contribution is 2.30. The van der Waals surface area contributed by atoms with Gasteiger partial charge in [-0.1, -0.05) is 0 Å². The second kappa shape index (κ2) is 5.92. The Hall–Kier alpha value is -1.41. The van der Waals surface area contributed by atoms with Crippen molar-refractivity contribution in [2.75, 3.05) is 7.11 Å². The zero-order valence-corrected chi connectivity index (χ0v) is 13.3. The summed E-state index contributed by atoms with van der Waals surface area (Å²) in [7, 11) is 1.29. The van der Waals surface area contributed by atoms with Crippen LogP contribution in [0, 0.1) is 17.2 Å². The third-order valence-corrected chi connectivity index (χ3v) is 3.54. The first-order valence-corrected chi connectivity index (χ1v) is 6.91. The number of carbonyl (C=O) groups is 1. The zero-order chi connectivity index (χ0) is 15.6. The summed E-state index contributed by atoms with van der Waals surface area (Å²) in [6, 6.07) is 2.08. The van der Waals surface area contributed by atoms with Crippen LogP contribution in [0.4, 0.5) is 0 Å². The van der Waals surface area contributed by atoms with Crippen molar-refractivity contribution in [3.8, 4) is 6.07 Å². The fourth-order valence-corrected chi connectivity index (χ4v) is 3.16. The van der Waals surface area contributed by atoms with Gasteiger partial charge in [0.1, 0.15) is 0 Å². The molecule has 20 heavy (non-hydrogen) atoms. The van der Waals surface area contributed by atoms with Crippen LogP contribution in [-0.4, -0.2) is 35.9 Å². The molecule has 1 fully saturated rings. The van der Waals surface area contributed by atoms with Gasteiger partial charge >= 0.3 is 5.97 Å². The van der Waals surface area contributed by atoms with E-state index >= 15 is 0 Å². The highest BCUT2D eigenvalue weighted by Gasteiger charge is 2.38. The molecule has 0 aromatic rings.